The molecular weight excluding hydrogens is 417 g/mol. The summed E-state index contributed by atoms with van der Waals surface area (Å²) in [6.07, 6.45) is 1.09. The van der Waals surface area contributed by atoms with Gasteiger partial charge in [0.05, 0.1) is 13.2 Å². The molecule has 1 aliphatic rings. The molecule has 0 radical (unpaired) electrons. The molecular formula is C28H30FNO3. The van der Waals surface area contributed by atoms with Crippen LogP contribution in [0.25, 0.3) is 0 Å². The molecule has 0 aromatic heterocycles. The summed E-state index contributed by atoms with van der Waals surface area (Å²) in [7, 11) is 0. The highest BCUT2D eigenvalue weighted by Gasteiger charge is 2.45. The number of fused-ring (bicyclic) bond motifs is 1. The molecule has 4 nitrogen and oxygen atoms in total. The van der Waals surface area contributed by atoms with Gasteiger partial charge in [-0.15, -0.1) is 6.58 Å². The Kier molecular flexibility index (Phi) is 7.11. The van der Waals surface area contributed by atoms with Gasteiger partial charge in [-0.3, -0.25) is 0 Å². The van der Waals surface area contributed by atoms with E-state index in [-0.39, 0.29) is 18.0 Å². The second-order valence-corrected chi connectivity index (χ2v) is 8.70. The Balaban J connectivity index is 1.60. The first-order chi connectivity index (χ1) is 16.0. The van der Waals surface area contributed by atoms with Crippen LogP contribution in [0.2, 0.25) is 0 Å². The van der Waals surface area contributed by atoms with E-state index in [4.69, 9.17) is 14.2 Å². The maximum atomic E-state index is 13.2. The van der Waals surface area contributed by atoms with Crippen molar-refractivity contribution >= 4 is 5.69 Å². The minimum absolute atomic E-state index is 0.240. The van der Waals surface area contributed by atoms with E-state index in [1.807, 2.05) is 62.4 Å². The van der Waals surface area contributed by atoms with E-state index in [9.17, 15) is 4.39 Å². The minimum Gasteiger partial charge on any atom is -0.485 e. The Hall–Kier alpha value is -3.15. The number of benzene rings is 3. The second kappa shape index (κ2) is 10.2. The van der Waals surface area contributed by atoms with E-state index >= 15 is 0 Å². The van der Waals surface area contributed by atoms with Crippen molar-refractivity contribution in [2.75, 3.05) is 11.9 Å². The molecule has 4 rings (SSSR count). The third-order valence-corrected chi connectivity index (χ3v) is 5.73. The summed E-state index contributed by atoms with van der Waals surface area (Å²) in [5, 5.41) is 3.41. The highest BCUT2D eigenvalue weighted by atomic mass is 19.1. The number of rotatable bonds is 9. The molecule has 5 heteroatoms. The zero-order valence-electron chi connectivity index (χ0n) is 19.1. The largest absolute Gasteiger partial charge is 0.485 e. The zero-order valence-corrected chi connectivity index (χ0v) is 19.1. The average Bonchev–Trinajstić information content (AvgIpc) is 2.81. The molecule has 2 atom stereocenters. The third-order valence-electron chi connectivity index (χ3n) is 5.73. The van der Waals surface area contributed by atoms with E-state index in [2.05, 4.69) is 11.9 Å². The van der Waals surface area contributed by atoms with Gasteiger partial charge in [0.15, 0.2) is 0 Å². The molecule has 1 heterocycles. The van der Waals surface area contributed by atoms with Gasteiger partial charge in [-0.1, -0.05) is 48.5 Å². The Morgan fingerprint density at radius 2 is 1.76 bits per heavy atom. The molecule has 3 aromatic carbocycles. The van der Waals surface area contributed by atoms with E-state index < -0.39 is 5.60 Å². The predicted octanol–water partition coefficient (Wildman–Crippen LogP) is 6.44. The fourth-order valence-electron chi connectivity index (χ4n) is 4.05. The first-order valence-corrected chi connectivity index (χ1v) is 11.2. The standard InChI is InChI=1S/C28H30FNO3/c1-4-16-31-27-26(32-19-21-8-6-5-7-9-21)24-17-23(14-15-25(24)33-28(27,2)3)30-18-20-10-12-22(29)13-11-20/h4-15,17,26-27,30H,1,16,18-19H2,2-3H3. The first-order valence-electron chi connectivity index (χ1n) is 11.2. The van der Waals surface area contributed by atoms with Crippen molar-refractivity contribution in [2.24, 2.45) is 0 Å². The summed E-state index contributed by atoms with van der Waals surface area (Å²) in [4.78, 5) is 0. The quantitative estimate of drug-likeness (QED) is 0.383. The van der Waals surface area contributed by atoms with Crippen LogP contribution in [-0.2, 0) is 22.6 Å². The summed E-state index contributed by atoms with van der Waals surface area (Å²) < 4.78 is 32.2. The lowest BCUT2D eigenvalue weighted by Crippen LogP contribution is -2.51. The van der Waals surface area contributed by atoms with Crippen molar-refractivity contribution < 1.29 is 18.6 Å². The number of halogens is 1. The van der Waals surface area contributed by atoms with Crippen molar-refractivity contribution in [1.82, 2.24) is 0 Å². The van der Waals surface area contributed by atoms with Crippen LogP contribution in [0.1, 0.15) is 36.6 Å². The SMILES string of the molecule is C=CCOC1C(OCc2ccccc2)c2cc(NCc3ccc(F)cc3)ccc2OC1(C)C. The van der Waals surface area contributed by atoms with Crippen LogP contribution in [0.15, 0.2) is 85.5 Å². The van der Waals surface area contributed by atoms with Gasteiger partial charge in [0, 0.05) is 17.8 Å². The van der Waals surface area contributed by atoms with E-state index in [1.54, 1.807) is 18.2 Å². The van der Waals surface area contributed by atoms with Crippen LogP contribution >= 0.6 is 0 Å². The van der Waals surface area contributed by atoms with Gasteiger partial charge in [0.25, 0.3) is 0 Å². The van der Waals surface area contributed by atoms with Crippen LogP contribution in [-0.4, -0.2) is 18.3 Å². The van der Waals surface area contributed by atoms with E-state index in [0.717, 1.165) is 28.1 Å². The highest BCUT2D eigenvalue weighted by molar-refractivity contribution is 5.54. The van der Waals surface area contributed by atoms with Crippen molar-refractivity contribution in [1.29, 1.82) is 0 Å². The maximum Gasteiger partial charge on any atom is 0.132 e. The minimum atomic E-state index is -0.583. The normalized spacial score (nSPS) is 18.8. The van der Waals surface area contributed by atoms with E-state index in [1.165, 1.54) is 12.1 Å². The Morgan fingerprint density at radius 1 is 1.00 bits per heavy atom. The number of hydrogen-bond donors (Lipinski definition) is 1. The molecule has 0 aliphatic carbocycles. The Morgan fingerprint density at radius 3 is 2.48 bits per heavy atom. The molecule has 0 bridgehead atoms. The van der Waals surface area contributed by atoms with Crippen LogP contribution in [0, 0.1) is 5.82 Å². The molecule has 0 fully saturated rings. The summed E-state index contributed by atoms with van der Waals surface area (Å²) in [6.45, 7) is 9.27. The van der Waals surface area contributed by atoms with E-state index in [0.29, 0.717) is 19.8 Å². The molecule has 0 amide bonds. The first kappa shape index (κ1) is 23.0. The predicted molar refractivity (Wildman–Crippen MR) is 129 cm³/mol. The molecule has 172 valence electrons. The lowest BCUT2D eigenvalue weighted by Gasteiger charge is -2.44. The summed E-state index contributed by atoms with van der Waals surface area (Å²) in [5.74, 6) is 0.542. The molecule has 0 saturated carbocycles. The summed E-state index contributed by atoms with van der Waals surface area (Å²) in [5.41, 5.74) is 3.37. The molecule has 2 unspecified atom stereocenters. The fraction of sp³-hybridized carbons (Fsp3) is 0.286. The zero-order chi connectivity index (χ0) is 23.3. The van der Waals surface area contributed by atoms with Crippen molar-refractivity contribution in [2.45, 2.75) is 44.8 Å². The van der Waals surface area contributed by atoms with Crippen molar-refractivity contribution in [3.8, 4) is 5.75 Å². The molecule has 0 spiro atoms. The van der Waals surface area contributed by atoms with Gasteiger partial charge >= 0.3 is 0 Å². The molecule has 33 heavy (non-hydrogen) atoms. The van der Waals surface area contributed by atoms with Gasteiger partial charge in [-0.2, -0.15) is 0 Å². The van der Waals surface area contributed by atoms with Crippen LogP contribution < -0.4 is 10.1 Å². The average molecular weight is 448 g/mol. The van der Waals surface area contributed by atoms with Gasteiger partial charge in [0.2, 0.25) is 0 Å². The smallest absolute Gasteiger partial charge is 0.132 e. The van der Waals surface area contributed by atoms with Crippen LogP contribution in [0.3, 0.4) is 0 Å². The fourth-order valence-corrected chi connectivity index (χ4v) is 4.05. The highest BCUT2D eigenvalue weighted by Crippen LogP contribution is 2.44. The van der Waals surface area contributed by atoms with Gasteiger partial charge < -0.3 is 19.5 Å². The second-order valence-electron chi connectivity index (χ2n) is 8.70. The number of hydrogen-bond acceptors (Lipinski definition) is 4. The monoisotopic (exact) mass is 447 g/mol. The van der Waals surface area contributed by atoms with Crippen molar-refractivity contribution in [3.63, 3.8) is 0 Å². The maximum absolute atomic E-state index is 13.2. The summed E-state index contributed by atoms with van der Waals surface area (Å²) in [6, 6.07) is 22.6. The van der Waals surface area contributed by atoms with Crippen molar-refractivity contribution in [3.05, 3.63) is 108 Å². The van der Waals surface area contributed by atoms with Crippen LogP contribution in [0.5, 0.6) is 5.75 Å². The van der Waals surface area contributed by atoms with Crippen LogP contribution in [0.4, 0.5) is 10.1 Å². The molecule has 0 saturated heterocycles. The number of ether oxygens (including phenoxy) is 3. The third kappa shape index (κ3) is 5.62. The topological polar surface area (TPSA) is 39.7 Å². The molecule has 3 aromatic rings. The number of nitrogens with one attached hydrogen (secondary N) is 1. The van der Waals surface area contributed by atoms with Gasteiger partial charge in [-0.25, -0.2) is 4.39 Å². The van der Waals surface area contributed by atoms with Gasteiger partial charge in [0.1, 0.15) is 29.4 Å². The molecule has 1 aliphatic heterocycles. The van der Waals surface area contributed by atoms with Gasteiger partial charge in [-0.05, 0) is 55.3 Å². The summed E-state index contributed by atoms with van der Waals surface area (Å²) >= 11 is 0. The lowest BCUT2D eigenvalue weighted by atomic mass is 9.87. The Bertz CT molecular complexity index is 1070. The lowest BCUT2D eigenvalue weighted by molar-refractivity contribution is -0.161. The number of anilines is 1. The Labute approximate surface area is 195 Å². The molecule has 1 N–H and O–H groups in total.